The number of nitrogens with one attached hydrogen (secondary N) is 11. The molecular formula is C73H135N35O16. The van der Waals surface area contributed by atoms with E-state index in [1.807, 2.05) is 0 Å². The summed E-state index contributed by atoms with van der Waals surface area (Å²) in [7, 11) is 0. The number of likely N-dealkylation sites (tertiary alicyclic amines) is 2. The number of hydrogen-bond acceptors (Lipinski definition) is 24. The largest absolute Gasteiger partial charge is 0.480 e. The zero-order valence-electron chi connectivity index (χ0n) is 70.5. The molecule has 0 aromatic carbocycles. The molecule has 2 aliphatic heterocycles. The van der Waals surface area contributed by atoms with Crippen LogP contribution in [0.25, 0.3) is 0 Å². The first-order chi connectivity index (χ1) is 58.9. The van der Waals surface area contributed by atoms with Gasteiger partial charge >= 0.3 is 5.97 Å². The first-order valence-corrected chi connectivity index (χ1v) is 41.8. The maximum Gasteiger partial charge on any atom is 0.326 e. The van der Waals surface area contributed by atoms with Crippen LogP contribution in [0.1, 0.15) is 180 Å². The third kappa shape index (κ3) is 42.4. The van der Waals surface area contributed by atoms with E-state index < -0.39 is 181 Å². The number of primary amides is 2. The molecular weight excluding hydrogens is 1620 g/mol. The molecule has 3 aliphatic rings. The predicted molar refractivity (Wildman–Crippen MR) is 460 cm³/mol. The Morgan fingerprint density at radius 3 is 0.927 bits per heavy atom. The number of nitrogens with two attached hydrogens (primary N) is 16. The predicted octanol–water partition coefficient (Wildman–Crippen LogP) is -12.2. The summed E-state index contributed by atoms with van der Waals surface area (Å²) in [5, 5.41) is 39.1. The fourth-order valence-electron chi connectivity index (χ4n) is 13.4. The number of aliphatic imine (C=N–C) groups is 6. The summed E-state index contributed by atoms with van der Waals surface area (Å²) >= 11 is 0. The molecule has 12 atom stereocenters. The molecule has 3 fully saturated rings. The molecule has 0 unspecified atom stereocenters. The highest BCUT2D eigenvalue weighted by atomic mass is 16.4. The highest BCUT2D eigenvalue weighted by Gasteiger charge is 2.45. The molecule has 44 N–H and O–H groups in total. The van der Waals surface area contributed by atoms with E-state index >= 15 is 19.2 Å². The topological polar surface area (TPSA) is 906 Å². The minimum Gasteiger partial charge on any atom is -0.480 e. The second kappa shape index (κ2) is 57.8. The van der Waals surface area contributed by atoms with E-state index in [0.29, 0.717) is 25.7 Å². The van der Waals surface area contributed by atoms with Gasteiger partial charge in [-0.05, 0) is 180 Å². The number of aliphatic carboxylic acids is 1. The van der Waals surface area contributed by atoms with Gasteiger partial charge in [-0.3, -0.25) is 97.1 Å². The number of rotatable bonds is 62. The fourth-order valence-corrected chi connectivity index (χ4v) is 13.4. The molecule has 2 heterocycles. The van der Waals surface area contributed by atoms with Gasteiger partial charge in [0.2, 0.25) is 82.7 Å². The molecule has 51 heteroatoms. The lowest BCUT2D eigenvalue weighted by atomic mass is 10.0. The molecule has 698 valence electrons. The Bertz CT molecular complexity index is 3710. The van der Waals surface area contributed by atoms with Crippen molar-refractivity contribution in [2.45, 2.75) is 258 Å². The van der Waals surface area contributed by atoms with Gasteiger partial charge in [0.05, 0.1) is 6.54 Å². The van der Waals surface area contributed by atoms with E-state index in [1.54, 1.807) is 0 Å². The summed E-state index contributed by atoms with van der Waals surface area (Å²) in [4.78, 5) is 237. The smallest absolute Gasteiger partial charge is 0.326 e. The third-order valence-corrected chi connectivity index (χ3v) is 20.0. The molecule has 124 heavy (non-hydrogen) atoms. The second-order valence-corrected chi connectivity index (χ2v) is 30.2. The summed E-state index contributed by atoms with van der Waals surface area (Å²) in [5.41, 5.74) is 90.4. The molecule has 51 nitrogen and oxygen atoms in total. The maximum atomic E-state index is 15.1. The first-order valence-electron chi connectivity index (χ1n) is 41.8. The number of nitrogens with zero attached hydrogens (tertiary/aromatic N) is 8. The highest BCUT2D eigenvalue weighted by Crippen LogP contribution is 2.27. The Hall–Kier alpha value is -12.4. The quantitative estimate of drug-likeness (QED) is 0.0153. The van der Waals surface area contributed by atoms with Crippen molar-refractivity contribution in [2.75, 3.05) is 72.0 Å². The van der Waals surface area contributed by atoms with E-state index in [1.165, 1.54) is 9.80 Å². The zero-order chi connectivity index (χ0) is 92.4. The van der Waals surface area contributed by atoms with Crippen LogP contribution in [0.5, 0.6) is 0 Å². The average molecular weight is 1760 g/mol. The van der Waals surface area contributed by atoms with Crippen LogP contribution in [-0.4, -0.2) is 290 Å². The molecule has 0 spiro atoms. The monoisotopic (exact) mass is 1760 g/mol. The lowest BCUT2D eigenvalue weighted by Crippen LogP contribution is -2.61. The van der Waals surface area contributed by atoms with Crippen LogP contribution in [0.3, 0.4) is 0 Å². The summed E-state index contributed by atoms with van der Waals surface area (Å²) in [6.45, 7) is -0.312. The molecule has 0 aromatic rings. The number of amides is 14. The molecule has 0 radical (unpaired) electrons. The Labute approximate surface area is 719 Å². The van der Waals surface area contributed by atoms with Crippen LogP contribution in [0.2, 0.25) is 0 Å². The molecule has 3 rings (SSSR count). The highest BCUT2D eigenvalue weighted by molar-refractivity contribution is 6.00. The number of guanidine groups is 6. The van der Waals surface area contributed by atoms with Crippen molar-refractivity contribution < 1.29 is 77.0 Å². The van der Waals surface area contributed by atoms with Crippen LogP contribution >= 0.6 is 0 Å². The Morgan fingerprint density at radius 1 is 0.323 bits per heavy atom. The Morgan fingerprint density at radius 2 is 0.613 bits per heavy atom. The Balaban J connectivity index is 2.13. The summed E-state index contributed by atoms with van der Waals surface area (Å²) < 4.78 is 0. The van der Waals surface area contributed by atoms with E-state index in [0.717, 1.165) is 12.8 Å². The molecule has 14 amide bonds. The molecule has 1 saturated carbocycles. The minimum atomic E-state index is -1.77. The van der Waals surface area contributed by atoms with Crippen LogP contribution in [0, 0.1) is 0 Å². The summed E-state index contributed by atoms with van der Waals surface area (Å²) in [6.07, 6.45) is 1.20. The first kappa shape index (κ1) is 106. The molecule has 0 bridgehead atoms. The zero-order valence-corrected chi connectivity index (χ0v) is 70.5. The van der Waals surface area contributed by atoms with Crippen molar-refractivity contribution in [3.8, 4) is 0 Å². The van der Waals surface area contributed by atoms with E-state index in [2.05, 4.69) is 88.4 Å². The van der Waals surface area contributed by atoms with E-state index in [-0.39, 0.29) is 236 Å². The standard InChI is InChI=1S/C73H135N35O16/c74-29-3-1-13-42(98-56(112)41(97-55(111)39-76)15-5-31-90-68(79)80)57(113)99-43(14-2-4-30-75)58(114)100-46(19-9-36-95-73(89)96-40-23-24-40)60(116)101-45(17-7-33-92-70(83)84)61(117)104-48(25-27-53(77)109)63(119)103-44(16-6-32-91-69(81)82)59(115)102-47(18-8-34-93-71(85)86)62(118)105-49(20-10-35-94-72(87)88)65(121)108-38-12-22-52(108)66(122)107-37-11-21-51(107)64(120)106-50(67(123)124)26-28-54(78)110/h40-52H,1-39,74-76H2,(H2,77,109)(H2,78,110)(H,97,111)(H,98,112)(H,99,113)(H,100,114)(H,101,116)(H,102,115)(H,103,119)(H,104,117)(H,105,118)(H,106,120)(H,123,124)(H4,79,80,90)(H4,81,82,91)(H4,83,84,92)(H4,85,86,93)(H4,87,88,94)(H3,89,95,96)/t41-,42-,43-,44-,45-,46-,47-,48-,49-,50-,51-,52-/m0/s1. The minimum absolute atomic E-state index is 0.00337. The summed E-state index contributed by atoms with van der Waals surface area (Å²) in [6, 6.07) is -17.4. The number of carboxylic acid groups (broad SMARTS) is 1. The van der Waals surface area contributed by atoms with Crippen LogP contribution in [0.15, 0.2) is 30.0 Å². The molecule has 0 aromatic heterocycles. The molecule has 2 saturated heterocycles. The van der Waals surface area contributed by atoms with Crippen molar-refractivity contribution in [3.05, 3.63) is 0 Å². The molecule has 1 aliphatic carbocycles. The van der Waals surface area contributed by atoms with Gasteiger partial charge < -0.3 is 165 Å². The van der Waals surface area contributed by atoms with Gasteiger partial charge in [0.1, 0.15) is 72.5 Å². The van der Waals surface area contributed by atoms with Crippen molar-refractivity contribution in [2.24, 2.45) is 122 Å². The third-order valence-electron chi connectivity index (χ3n) is 20.0. The number of carboxylic acids is 1. The SMILES string of the molecule is NCCCC[C@H](NC(=O)[C@H](CCCN=C(N)N)NC(=O)CN)C(=O)N[C@@H](CCCCN)C(=O)N[C@@H](CCCN=C(N)NC1CC1)C(=O)N[C@@H](CCCN=C(N)N)C(=O)N[C@@H](CCC(N)=O)C(=O)N[C@@H](CCCN=C(N)N)C(=O)N[C@@H](CCCN=C(N)N)C(=O)N[C@@H](CCCN=C(N)N)C(=O)N1CCC[C@H]1C(=O)N1CCC[C@H]1C(=O)N[C@@H](CCC(N)=O)C(=O)O. The van der Waals surface area contributed by atoms with Gasteiger partial charge in [0.15, 0.2) is 35.8 Å². The normalized spacial score (nSPS) is 16.6. The van der Waals surface area contributed by atoms with Crippen molar-refractivity contribution in [3.63, 3.8) is 0 Å². The van der Waals surface area contributed by atoms with Gasteiger partial charge in [-0.2, -0.15) is 0 Å². The van der Waals surface area contributed by atoms with Crippen LogP contribution < -0.4 is 150 Å². The number of carbonyl (C=O) groups excluding carboxylic acids is 14. The van der Waals surface area contributed by atoms with Crippen LogP contribution in [0.4, 0.5) is 0 Å². The second-order valence-electron chi connectivity index (χ2n) is 30.2. The number of hydrogen-bond donors (Lipinski definition) is 28. The number of carbonyl (C=O) groups is 15. The van der Waals surface area contributed by atoms with Crippen molar-refractivity contribution >= 4 is 124 Å². The summed E-state index contributed by atoms with van der Waals surface area (Å²) in [5.74, 6) is -15.1. The lowest BCUT2D eigenvalue weighted by molar-refractivity contribution is -0.149. The van der Waals surface area contributed by atoms with Crippen molar-refractivity contribution in [1.82, 2.24) is 68.3 Å². The van der Waals surface area contributed by atoms with E-state index in [4.69, 9.17) is 91.7 Å². The maximum absolute atomic E-state index is 15.1. The van der Waals surface area contributed by atoms with Crippen molar-refractivity contribution in [1.29, 1.82) is 0 Å². The van der Waals surface area contributed by atoms with Gasteiger partial charge in [0, 0.05) is 71.2 Å². The van der Waals surface area contributed by atoms with Gasteiger partial charge in [-0.1, -0.05) is 0 Å². The van der Waals surface area contributed by atoms with E-state index in [9.17, 15) is 57.8 Å². The lowest BCUT2D eigenvalue weighted by Gasteiger charge is -2.33. The van der Waals surface area contributed by atoms with Crippen LogP contribution in [-0.2, 0) is 71.9 Å². The van der Waals surface area contributed by atoms with Gasteiger partial charge in [-0.15, -0.1) is 0 Å². The Kier molecular flexibility index (Phi) is 49.3. The van der Waals surface area contributed by atoms with Gasteiger partial charge in [0.25, 0.3) is 0 Å². The average Bonchev–Trinajstić information content (AvgIpc) is 1.64. The fraction of sp³-hybridized carbons (Fsp3) is 0.712. The number of unbranched alkanes of at least 4 members (excludes halogenated alkanes) is 2. The van der Waals surface area contributed by atoms with Gasteiger partial charge in [-0.25, -0.2) is 4.79 Å².